The number of carbonyl (C=O) groups is 1. The second-order valence-corrected chi connectivity index (χ2v) is 5.90. The maximum atomic E-state index is 12.4. The molecule has 0 N–H and O–H groups in total. The van der Waals surface area contributed by atoms with Crippen molar-refractivity contribution in [3.8, 4) is 17.2 Å². The van der Waals surface area contributed by atoms with Crippen LogP contribution in [-0.2, 0) is 4.74 Å². The largest absolute Gasteiger partial charge is 0.496 e. The van der Waals surface area contributed by atoms with Crippen LogP contribution in [0.15, 0.2) is 47.6 Å². The summed E-state index contributed by atoms with van der Waals surface area (Å²) in [6.45, 7) is 0. The zero-order valence-corrected chi connectivity index (χ0v) is 15.8. The third-order valence-corrected chi connectivity index (χ3v) is 4.47. The van der Waals surface area contributed by atoms with E-state index in [1.165, 1.54) is 12.1 Å². The molecule has 0 aromatic heterocycles. The first-order chi connectivity index (χ1) is 13.1. The Balaban J connectivity index is 2.06. The minimum atomic E-state index is -0.539. The summed E-state index contributed by atoms with van der Waals surface area (Å²) in [5.41, 5.74) is 2.51. The molecule has 3 rings (SSSR count). The van der Waals surface area contributed by atoms with Crippen LogP contribution in [0.25, 0.3) is 0 Å². The van der Waals surface area contributed by atoms with Gasteiger partial charge in [0.15, 0.2) is 11.5 Å². The van der Waals surface area contributed by atoms with Crippen LogP contribution in [0.5, 0.6) is 17.2 Å². The Labute approximate surface area is 158 Å². The van der Waals surface area contributed by atoms with Crippen molar-refractivity contribution < 1.29 is 23.7 Å². The molecule has 0 bridgehead atoms. The van der Waals surface area contributed by atoms with E-state index in [1.807, 2.05) is 36.4 Å². The van der Waals surface area contributed by atoms with Crippen molar-refractivity contribution in [3.63, 3.8) is 0 Å². The monoisotopic (exact) mass is 370 g/mol. The summed E-state index contributed by atoms with van der Waals surface area (Å²) < 4.78 is 21.2. The minimum absolute atomic E-state index is 0.387. The molecule has 7 nitrogen and oxygen atoms in total. The molecule has 0 aliphatic carbocycles. The van der Waals surface area contributed by atoms with Crippen molar-refractivity contribution in [2.75, 3.05) is 28.4 Å². The van der Waals surface area contributed by atoms with Crippen LogP contribution in [0.1, 0.15) is 23.6 Å². The van der Waals surface area contributed by atoms with Crippen LogP contribution in [0.3, 0.4) is 0 Å². The van der Waals surface area contributed by atoms with Crippen LogP contribution in [0, 0.1) is 0 Å². The summed E-state index contributed by atoms with van der Waals surface area (Å²) in [7, 11) is 6.03. The van der Waals surface area contributed by atoms with Gasteiger partial charge in [0.2, 0.25) is 0 Å². The Hall–Kier alpha value is -3.22. The highest BCUT2D eigenvalue weighted by Crippen LogP contribution is 2.43. The molecule has 0 spiro atoms. The maximum absolute atomic E-state index is 12.4. The minimum Gasteiger partial charge on any atom is -0.496 e. The van der Waals surface area contributed by atoms with Crippen molar-refractivity contribution >= 4 is 11.8 Å². The van der Waals surface area contributed by atoms with E-state index >= 15 is 0 Å². The molecule has 7 heteroatoms. The number of hydrogen-bond donors (Lipinski definition) is 0. The quantitative estimate of drug-likeness (QED) is 0.804. The maximum Gasteiger partial charge on any atom is 0.430 e. The molecule has 1 atom stereocenters. The third kappa shape index (κ3) is 3.53. The van der Waals surface area contributed by atoms with E-state index in [2.05, 4.69) is 5.10 Å². The smallest absolute Gasteiger partial charge is 0.430 e. The van der Waals surface area contributed by atoms with Gasteiger partial charge in [0.25, 0.3) is 0 Å². The molecule has 27 heavy (non-hydrogen) atoms. The van der Waals surface area contributed by atoms with Crippen LogP contribution >= 0.6 is 0 Å². The van der Waals surface area contributed by atoms with Gasteiger partial charge in [-0.1, -0.05) is 30.3 Å². The molecular weight excluding hydrogens is 348 g/mol. The second kappa shape index (κ2) is 7.99. The number of hydrazone groups is 1. The van der Waals surface area contributed by atoms with E-state index in [9.17, 15) is 4.79 Å². The lowest BCUT2D eigenvalue weighted by molar-refractivity contribution is 0.112. The van der Waals surface area contributed by atoms with Crippen LogP contribution in [-0.4, -0.2) is 45.3 Å². The van der Waals surface area contributed by atoms with Gasteiger partial charge < -0.3 is 18.9 Å². The van der Waals surface area contributed by atoms with Crippen molar-refractivity contribution in [2.45, 2.75) is 12.5 Å². The summed E-state index contributed by atoms with van der Waals surface area (Å²) in [6, 6.07) is 12.9. The van der Waals surface area contributed by atoms with Gasteiger partial charge in [-0.25, -0.2) is 4.79 Å². The van der Waals surface area contributed by atoms with Crippen LogP contribution in [0.2, 0.25) is 0 Å². The molecule has 1 aliphatic rings. The number of nitrogens with zero attached hydrogens (tertiary/aromatic N) is 2. The Morgan fingerprint density at radius 3 is 2.19 bits per heavy atom. The number of benzene rings is 2. The summed E-state index contributed by atoms with van der Waals surface area (Å²) in [5.74, 6) is 1.67. The molecule has 1 amide bonds. The molecule has 0 saturated heterocycles. The fourth-order valence-electron chi connectivity index (χ4n) is 3.13. The average Bonchev–Trinajstić information content (AvgIpc) is 3.18. The van der Waals surface area contributed by atoms with Gasteiger partial charge in [-0.2, -0.15) is 10.1 Å². The molecular formula is C20H22N2O5. The van der Waals surface area contributed by atoms with Gasteiger partial charge >= 0.3 is 6.09 Å². The number of hydrogen-bond acceptors (Lipinski definition) is 6. The summed E-state index contributed by atoms with van der Waals surface area (Å²) in [6.07, 6.45) is -0.0203. The highest BCUT2D eigenvalue weighted by molar-refractivity contribution is 6.02. The number of amides is 1. The Bertz CT molecular complexity index is 851. The molecule has 142 valence electrons. The normalized spacial score (nSPS) is 15.9. The van der Waals surface area contributed by atoms with E-state index in [4.69, 9.17) is 18.9 Å². The van der Waals surface area contributed by atoms with Crippen LogP contribution in [0.4, 0.5) is 4.79 Å². The summed E-state index contributed by atoms with van der Waals surface area (Å²) in [4.78, 5) is 12.4. The fourth-order valence-corrected chi connectivity index (χ4v) is 3.13. The predicted molar refractivity (Wildman–Crippen MR) is 101 cm³/mol. The van der Waals surface area contributed by atoms with E-state index in [0.29, 0.717) is 23.7 Å². The first-order valence-corrected chi connectivity index (χ1v) is 8.42. The van der Waals surface area contributed by atoms with Gasteiger partial charge in [0.1, 0.15) is 5.75 Å². The first kappa shape index (κ1) is 18.6. The number of carbonyl (C=O) groups excluding carboxylic acids is 1. The highest BCUT2D eigenvalue weighted by Gasteiger charge is 2.36. The average molecular weight is 370 g/mol. The van der Waals surface area contributed by atoms with Gasteiger partial charge in [-0.15, -0.1) is 0 Å². The lowest BCUT2D eigenvalue weighted by atomic mass is 9.97. The Morgan fingerprint density at radius 2 is 1.59 bits per heavy atom. The van der Waals surface area contributed by atoms with Crippen molar-refractivity contribution in [1.29, 1.82) is 0 Å². The Morgan fingerprint density at radius 1 is 0.963 bits per heavy atom. The number of rotatable bonds is 5. The van der Waals surface area contributed by atoms with Crippen molar-refractivity contribution in [2.24, 2.45) is 5.10 Å². The van der Waals surface area contributed by atoms with Gasteiger partial charge in [0.05, 0.1) is 40.2 Å². The molecule has 0 radical (unpaired) electrons. The zero-order chi connectivity index (χ0) is 19.4. The highest BCUT2D eigenvalue weighted by atomic mass is 16.5. The number of ether oxygens (including phenoxy) is 4. The standard InChI is InChI=1S/C20H22N2O5/c1-24-17-12-19(26-3)18(25-2)10-14(17)16-11-15(13-8-6-5-7-9-13)21-22(16)20(23)27-4/h5-10,12,16H,11H2,1-4H3. The molecule has 2 aromatic rings. The van der Waals surface area contributed by atoms with E-state index < -0.39 is 6.09 Å². The van der Waals surface area contributed by atoms with Gasteiger partial charge in [0, 0.05) is 18.1 Å². The second-order valence-electron chi connectivity index (χ2n) is 5.90. The van der Waals surface area contributed by atoms with Crippen molar-refractivity contribution in [1.82, 2.24) is 5.01 Å². The van der Waals surface area contributed by atoms with E-state index in [0.717, 1.165) is 16.8 Å². The first-order valence-electron chi connectivity index (χ1n) is 8.42. The molecule has 1 unspecified atom stereocenters. The topological polar surface area (TPSA) is 69.6 Å². The molecule has 1 heterocycles. The summed E-state index contributed by atoms with van der Waals surface area (Å²) >= 11 is 0. The predicted octanol–water partition coefficient (Wildman–Crippen LogP) is 3.63. The van der Waals surface area contributed by atoms with Crippen LogP contribution < -0.4 is 14.2 Å². The zero-order valence-electron chi connectivity index (χ0n) is 15.8. The molecule has 0 fully saturated rings. The fraction of sp³-hybridized carbons (Fsp3) is 0.300. The Kier molecular flexibility index (Phi) is 5.49. The third-order valence-electron chi connectivity index (χ3n) is 4.47. The molecule has 2 aromatic carbocycles. The lowest BCUT2D eigenvalue weighted by Gasteiger charge is -2.23. The SMILES string of the molecule is COC(=O)N1N=C(c2ccccc2)CC1c1cc(OC)c(OC)cc1OC. The van der Waals surface area contributed by atoms with Crippen molar-refractivity contribution in [3.05, 3.63) is 53.6 Å². The van der Waals surface area contributed by atoms with Gasteiger partial charge in [-0.05, 0) is 11.6 Å². The van der Waals surface area contributed by atoms with E-state index in [-0.39, 0.29) is 6.04 Å². The van der Waals surface area contributed by atoms with E-state index in [1.54, 1.807) is 27.4 Å². The molecule has 0 saturated carbocycles. The summed E-state index contributed by atoms with van der Waals surface area (Å²) in [5, 5.41) is 5.85. The molecule has 1 aliphatic heterocycles. The lowest BCUT2D eigenvalue weighted by Crippen LogP contribution is -2.27. The number of methoxy groups -OCH3 is 4. The van der Waals surface area contributed by atoms with Gasteiger partial charge in [-0.3, -0.25) is 0 Å².